The fourth-order valence-corrected chi connectivity index (χ4v) is 4.46. The predicted octanol–water partition coefficient (Wildman–Crippen LogP) is 4.83. The molecule has 132 valence electrons. The molecule has 0 aliphatic rings. The lowest BCUT2D eigenvalue weighted by molar-refractivity contribution is -0.116. The number of hydrogen-bond donors (Lipinski definition) is 0. The van der Waals surface area contributed by atoms with E-state index in [0.29, 0.717) is 10.8 Å². The highest BCUT2D eigenvalue weighted by Crippen LogP contribution is 2.30. The van der Waals surface area contributed by atoms with E-state index in [-0.39, 0.29) is 5.91 Å². The topological polar surface area (TPSA) is 51.0 Å². The van der Waals surface area contributed by atoms with Crippen molar-refractivity contribution in [1.29, 1.82) is 0 Å². The number of amides is 1. The Morgan fingerprint density at radius 2 is 2.20 bits per heavy atom. The lowest BCUT2D eigenvalue weighted by atomic mass is 10.3. The number of hydrogen-bond acceptors (Lipinski definition) is 5. The van der Waals surface area contributed by atoms with Gasteiger partial charge in [0.05, 0.1) is 16.7 Å². The van der Waals surface area contributed by atoms with Gasteiger partial charge in [0.2, 0.25) is 5.91 Å². The fourth-order valence-electron chi connectivity index (χ4n) is 2.42. The van der Waals surface area contributed by atoms with Gasteiger partial charge in [-0.3, -0.25) is 9.69 Å². The molecule has 0 saturated carbocycles. The van der Waals surface area contributed by atoms with Crippen LogP contribution in [0.25, 0.3) is 11.0 Å². The van der Waals surface area contributed by atoms with Crippen LogP contribution >= 0.6 is 34.7 Å². The number of halogens is 1. The molecule has 0 unspecified atom stereocenters. The molecule has 8 heteroatoms. The van der Waals surface area contributed by atoms with Crippen LogP contribution in [0.4, 0.5) is 5.13 Å². The number of fused-ring (bicyclic) bond motifs is 1. The normalized spacial score (nSPS) is 11.2. The summed E-state index contributed by atoms with van der Waals surface area (Å²) in [6, 6.07) is 5.82. The molecule has 1 aromatic carbocycles. The summed E-state index contributed by atoms with van der Waals surface area (Å²) in [7, 11) is 1.74. The Kier molecular flexibility index (Phi) is 5.66. The molecule has 0 N–H and O–H groups in total. The molecule has 0 saturated heterocycles. The smallest absolute Gasteiger partial charge is 0.225 e. The van der Waals surface area contributed by atoms with E-state index in [0.717, 1.165) is 40.0 Å². The Hall–Kier alpha value is -1.57. The van der Waals surface area contributed by atoms with Crippen molar-refractivity contribution in [3.05, 3.63) is 34.3 Å². The van der Waals surface area contributed by atoms with Gasteiger partial charge in [-0.25, -0.2) is 9.97 Å². The van der Waals surface area contributed by atoms with Crippen molar-refractivity contribution in [3.8, 4) is 0 Å². The van der Waals surface area contributed by atoms with E-state index in [4.69, 9.17) is 16.6 Å². The highest BCUT2D eigenvalue weighted by atomic mass is 35.5. The minimum atomic E-state index is -0.0184. The van der Waals surface area contributed by atoms with Crippen molar-refractivity contribution in [2.24, 2.45) is 0 Å². The average Bonchev–Trinajstić information content (AvgIpc) is 3.17. The number of nitrogens with zero attached hydrogens (tertiary/aromatic N) is 4. The third-order valence-electron chi connectivity index (χ3n) is 3.77. The predicted molar refractivity (Wildman–Crippen MR) is 106 cm³/mol. The van der Waals surface area contributed by atoms with Crippen molar-refractivity contribution < 1.29 is 4.79 Å². The summed E-state index contributed by atoms with van der Waals surface area (Å²) in [6.45, 7) is 4.60. The first-order chi connectivity index (χ1) is 12.0. The van der Waals surface area contributed by atoms with E-state index in [1.807, 2.05) is 23.6 Å². The average molecular weight is 395 g/mol. The monoisotopic (exact) mass is 394 g/mol. The molecule has 2 aromatic heterocycles. The summed E-state index contributed by atoms with van der Waals surface area (Å²) in [4.78, 5) is 22.3. The van der Waals surface area contributed by atoms with Crippen LogP contribution in [0.5, 0.6) is 0 Å². The second-order valence-corrected chi connectivity index (χ2v) is 7.88. The van der Waals surface area contributed by atoms with Gasteiger partial charge in [0.15, 0.2) is 10.3 Å². The molecule has 0 radical (unpaired) electrons. The van der Waals surface area contributed by atoms with Crippen LogP contribution in [0, 0.1) is 0 Å². The summed E-state index contributed by atoms with van der Waals surface area (Å²) in [5.74, 6) is 0.693. The summed E-state index contributed by atoms with van der Waals surface area (Å²) in [6.07, 6.45) is 1.03. The highest BCUT2D eigenvalue weighted by Gasteiger charge is 2.14. The second kappa shape index (κ2) is 7.76. The lowest BCUT2D eigenvalue weighted by Gasteiger charge is -2.09. The fraction of sp³-hybridized carbons (Fsp3) is 0.353. The third kappa shape index (κ3) is 3.99. The minimum absolute atomic E-state index is 0.0184. The van der Waals surface area contributed by atoms with Crippen LogP contribution in [0.15, 0.2) is 28.7 Å². The van der Waals surface area contributed by atoms with Gasteiger partial charge in [-0.05, 0) is 24.6 Å². The zero-order valence-corrected chi connectivity index (χ0v) is 16.7. The quantitative estimate of drug-likeness (QED) is 0.562. The molecule has 0 bridgehead atoms. The van der Waals surface area contributed by atoms with Crippen LogP contribution in [0.3, 0.4) is 0 Å². The Morgan fingerprint density at radius 3 is 2.92 bits per heavy atom. The number of thioether (sulfide) groups is 1. The molecule has 5 nitrogen and oxygen atoms in total. The van der Waals surface area contributed by atoms with Gasteiger partial charge in [-0.15, -0.1) is 11.3 Å². The van der Waals surface area contributed by atoms with Crippen LogP contribution in [0.1, 0.15) is 26.0 Å². The molecule has 1 amide bonds. The molecule has 0 aliphatic heterocycles. The summed E-state index contributed by atoms with van der Waals surface area (Å²) < 4.78 is 2.23. The Labute approximate surface area is 160 Å². The summed E-state index contributed by atoms with van der Waals surface area (Å²) in [5, 5.41) is 4.37. The Morgan fingerprint density at radius 1 is 1.40 bits per heavy atom. The highest BCUT2D eigenvalue weighted by molar-refractivity contribution is 7.98. The standard InChI is InChI=1S/C17H19ClN4OS2/c1-4-7-22-15-6-5-12(18)8-14(15)20-17(22)25-10-13-9-24-16(19-13)21(3)11(2)23/h5-6,8-9H,4,7,10H2,1-3H3. The largest absolute Gasteiger partial charge is 0.319 e. The summed E-state index contributed by atoms with van der Waals surface area (Å²) >= 11 is 9.22. The van der Waals surface area contributed by atoms with Gasteiger partial charge in [-0.2, -0.15) is 0 Å². The van der Waals surface area contributed by atoms with E-state index >= 15 is 0 Å². The minimum Gasteiger partial charge on any atom is -0.319 e. The molecular formula is C17H19ClN4OS2. The zero-order valence-electron chi connectivity index (χ0n) is 14.3. The molecule has 0 aliphatic carbocycles. The SMILES string of the molecule is CCCn1c(SCc2csc(N(C)C(C)=O)n2)nc2cc(Cl)ccc21. The first-order valence-corrected chi connectivity index (χ1v) is 10.2. The van der Waals surface area contributed by atoms with Crippen LogP contribution in [-0.4, -0.2) is 27.5 Å². The van der Waals surface area contributed by atoms with Crippen LogP contribution in [-0.2, 0) is 17.1 Å². The van der Waals surface area contributed by atoms with Crippen molar-refractivity contribution >= 4 is 56.8 Å². The number of anilines is 1. The maximum absolute atomic E-state index is 11.4. The van der Waals surface area contributed by atoms with Crippen molar-refractivity contribution in [3.63, 3.8) is 0 Å². The van der Waals surface area contributed by atoms with E-state index in [1.165, 1.54) is 18.3 Å². The molecule has 3 rings (SSSR count). The first-order valence-electron chi connectivity index (χ1n) is 7.97. The number of carbonyl (C=O) groups excluding carboxylic acids is 1. The molecule has 3 aromatic rings. The van der Waals surface area contributed by atoms with Gasteiger partial charge in [0.1, 0.15) is 0 Å². The van der Waals surface area contributed by atoms with Gasteiger partial charge in [0.25, 0.3) is 0 Å². The second-order valence-electron chi connectivity index (χ2n) is 5.67. The van der Waals surface area contributed by atoms with Gasteiger partial charge < -0.3 is 4.57 Å². The van der Waals surface area contributed by atoms with Gasteiger partial charge >= 0.3 is 0 Å². The van der Waals surface area contributed by atoms with Crippen molar-refractivity contribution in [2.75, 3.05) is 11.9 Å². The number of imidazole rings is 1. The molecule has 0 fully saturated rings. The van der Waals surface area contributed by atoms with Gasteiger partial charge in [-0.1, -0.05) is 30.3 Å². The first kappa shape index (κ1) is 18.2. The maximum atomic E-state index is 11.4. The molecule has 2 heterocycles. The number of rotatable bonds is 6. The number of thiazole rings is 1. The Balaban J connectivity index is 1.81. The summed E-state index contributed by atoms with van der Waals surface area (Å²) in [5.41, 5.74) is 2.97. The van der Waals surface area contributed by atoms with Crippen molar-refractivity contribution in [2.45, 2.75) is 37.7 Å². The van der Waals surface area contributed by atoms with Crippen molar-refractivity contribution in [1.82, 2.24) is 14.5 Å². The lowest BCUT2D eigenvalue weighted by Crippen LogP contribution is -2.22. The molecule has 0 atom stereocenters. The molecule has 25 heavy (non-hydrogen) atoms. The van der Waals surface area contributed by atoms with Crippen LogP contribution < -0.4 is 4.90 Å². The number of carbonyl (C=O) groups is 1. The number of aryl methyl sites for hydroxylation is 1. The van der Waals surface area contributed by atoms with Gasteiger partial charge in [0, 0.05) is 36.7 Å². The van der Waals surface area contributed by atoms with E-state index < -0.39 is 0 Å². The maximum Gasteiger partial charge on any atom is 0.225 e. The molecule has 0 spiro atoms. The Bertz CT molecular complexity index is 905. The number of aromatic nitrogens is 3. The van der Waals surface area contributed by atoms with E-state index in [2.05, 4.69) is 16.5 Å². The molecular weight excluding hydrogens is 376 g/mol. The van der Waals surface area contributed by atoms with E-state index in [9.17, 15) is 4.79 Å². The van der Waals surface area contributed by atoms with E-state index in [1.54, 1.807) is 23.7 Å². The number of benzene rings is 1. The van der Waals surface area contributed by atoms with Crippen LogP contribution in [0.2, 0.25) is 5.02 Å². The zero-order chi connectivity index (χ0) is 18.0. The third-order valence-corrected chi connectivity index (χ3v) is 5.98.